The molecule has 1 aromatic heterocycles. The summed E-state index contributed by atoms with van der Waals surface area (Å²) < 4.78 is 47.6. The second kappa shape index (κ2) is 7.69. The summed E-state index contributed by atoms with van der Waals surface area (Å²) in [7, 11) is 0. The van der Waals surface area contributed by atoms with Gasteiger partial charge in [-0.2, -0.15) is 0 Å². The summed E-state index contributed by atoms with van der Waals surface area (Å²) in [6, 6.07) is 12.8. The molecule has 0 saturated carbocycles. The van der Waals surface area contributed by atoms with E-state index in [1.807, 2.05) is 12.1 Å². The van der Waals surface area contributed by atoms with Crippen molar-refractivity contribution in [2.45, 2.75) is 25.3 Å². The quantitative estimate of drug-likeness (QED) is 0.671. The van der Waals surface area contributed by atoms with E-state index in [1.165, 1.54) is 18.2 Å². The first-order chi connectivity index (χ1) is 13.9. The number of para-hydroxylation sites is 2. The van der Waals surface area contributed by atoms with Gasteiger partial charge < -0.3 is 19.5 Å². The summed E-state index contributed by atoms with van der Waals surface area (Å²) in [5.74, 6) is -0.0792. The van der Waals surface area contributed by atoms with E-state index in [4.69, 9.17) is 4.74 Å². The predicted molar refractivity (Wildman–Crippen MR) is 102 cm³/mol. The van der Waals surface area contributed by atoms with Crippen LogP contribution in [0, 0.1) is 0 Å². The molecule has 152 valence electrons. The fourth-order valence-corrected chi connectivity index (χ4v) is 3.55. The molecule has 1 aliphatic rings. The lowest BCUT2D eigenvalue weighted by molar-refractivity contribution is -0.275. The van der Waals surface area contributed by atoms with Crippen molar-refractivity contribution in [3.8, 4) is 17.2 Å². The normalized spacial score (nSPS) is 15.5. The Kier molecular flexibility index (Phi) is 5.08. The fraction of sp³-hybridized carbons (Fsp3) is 0.286. The predicted octanol–water partition coefficient (Wildman–Crippen LogP) is 4.89. The highest BCUT2D eigenvalue weighted by Crippen LogP contribution is 2.35. The molecule has 29 heavy (non-hydrogen) atoms. The Balaban J connectivity index is 1.45. The van der Waals surface area contributed by atoms with Gasteiger partial charge in [-0.25, -0.2) is 0 Å². The van der Waals surface area contributed by atoms with Crippen molar-refractivity contribution in [2.75, 3.05) is 18.0 Å². The third-order valence-corrected chi connectivity index (χ3v) is 4.85. The Hall–Kier alpha value is -3.16. The molecule has 0 amide bonds. The van der Waals surface area contributed by atoms with Gasteiger partial charge in [0, 0.05) is 49.3 Å². The van der Waals surface area contributed by atoms with E-state index in [1.54, 1.807) is 24.4 Å². The van der Waals surface area contributed by atoms with Crippen LogP contribution in [0.3, 0.4) is 0 Å². The molecule has 1 saturated heterocycles. The molecule has 0 radical (unpaired) electrons. The highest BCUT2D eigenvalue weighted by atomic mass is 19.4. The smallest absolute Gasteiger partial charge is 0.508 e. The highest BCUT2D eigenvalue weighted by molar-refractivity contribution is 5.92. The first-order valence-electron chi connectivity index (χ1n) is 9.23. The number of phenols is 1. The zero-order chi connectivity index (χ0) is 20.4. The topological polar surface area (TPSA) is 54.8 Å². The van der Waals surface area contributed by atoms with Crippen molar-refractivity contribution in [3.05, 3.63) is 54.7 Å². The molecule has 0 unspecified atom stereocenters. The molecule has 1 N–H and O–H groups in total. The number of benzene rings is 2. The number of ether oxygens (including phenoxy) is 2. The number of halogens is 3. The summed E-state index contributed by atoms with van der Waals surface area (Å²) in [5, 5.41) is 10.6. The SMILES string of the molecule is Oc1ccc2c(N3CCC(Oc4ccccc4OC(F)(F)F)CC3)ccnc2c1. The minimum absolute atomic E-state index is 0.0908. The van der Waals surface area contributed by atoms with Crippen LogP contribution in [-0.2, 0) is 0 Å². The van der Waals surface area contributed by atoms with E-state index in [0.29, 0.717) is 31.4 Å². The average molecular weight is 404 g/mol. The van der Waals surface area contributed by atoms with Gasteiger partial charge in [-0.1, -0.05) is 12.1 Å². The number of aromatic nitrogens is 1. The lowest BCUT2D eigenvalue weighted by Crippen LogP contribution is -2.38. The number of phenolic OH excluding ortho intramolecular Hbond substituents is 1. The summed E-state index contributed by atoms with van der Waals surface area (Å²) in [6.07, 6.45) is -1.96. The van der Waals surface area contributed by atoms with Crippen LogP contribution in [0.15, 0.2) is 54.7 Å². The average Bonchev–Trinajstić information content (AvgIpc) is 2.68. The van der Waals surface area contributed by atoms with Crippen molar-refractivity contribution >= 4 is 16.6 Å². The third kappa shape index (κ3) is 4.47. The number of rotatable bonds is 4. The van der Waals surface area contributed by atoms with E-state index in [-0.39, 0.29) is 23.4 Å². The molecule has 2 aromatic carbocycles. The second-order valence-corrected chi connectivity index (χ2v) is 6.83. The molecule has 1 aliphatic heterocycles. The molecule has 0 spiro atoms. The van der Waals surface area contributed by atoms with Gasteiger partial charge >= 0.3 is 6.36 Å². The zero-order valence-corrected chi connectivity index (χ0v) is 15.4. The maximum absolute atomic E-state index is 12.6. The Bertz CT molecular complexity index is 1000. The Morgan fingerprint density at radius 3 is 2.45 bits per heavy atom. The fourth-order valence-electron chi connectivity index (χ4n) is 3.55. The van der Waals surface area contributed by atoms with Crippen LogP contribution >= 0.6 is 0 Å². The number of aromatic hydroxyl groups is 1. The highest BCUT2D eigenvalue weighted by Gasteiger charge is 2.33. The number of anilines is 1. The van der Waals surface area contributed by atoms with Gasteiger partial charge in [0.25, 0.3) is 0 Å². The number of nitrogens with zero attached hydrogens (tertiary/aromatic N) is 2. The van der Waals surface area contributed by atoms with Crippen LogP contribution in [0.4, 0.5) is 18.9 Å². The van der Waals surface area contributed by atoms with Crippen LogP contribution in [-0.4, -0.2) is 35.6 Å². The number of alkyl halides is 3. The van der Waals surface area contributed by atoms with Gasteiger partial charge in [-0.05, 0) is 30.3 Å². The van der Waals surface area contributed by atoms with Crippen molar-refractivity contribution in [1.29, 1.82) is 0 Å². The summed E-state index contributed by atoms with van der Waals surface area (Å²) in [5.41, 5.74) is 1.72. The molecule has 0 aliphatic carbocycles. The number of piperidine rings is 1. The van der Waals surface area contributed by atoms with Gasteiger partial charge in [0.05, 0.1) is 5.52 Å². The minimum atomic E-state index is -4.76. The maximum Gasteiger partial charge on any atom is 0.573 e. The monoisotopic (exact) mass is 404 g/mol. The van der Waals surface area contributed by atoms with Crippen LogP contribution in [0.2, 0.25) is 0 Å². The molecular weight excluding hydrogens is 385 g/mol. The van der Waals surface area contributed by atoms with Crippen LogP contribution < -0.4 is 14.4 Å². The molecular formula is C21H19F3N2O3. The molecule has 2 heterocycles. The van der Waals surface area contributed by atoms with E-state index in [2.05, 4.69) is 14.6 Å². The van der Waals surface area contributed by atoms with Gasteiger partial charge in [-0.15, -0.1) is 13.2 Å². The van der Waals surface area contributed by atoms with Crippen molar-refractivity contribution in [3.63, 3.8) is 0 Å². The van der Waals surface area contributed by atoms with Crippen LogP contribution in [0.5, 0.6) is 17.2 Å². The number of pyridine rings is 1. The molecule has 1 fully saturated rings. The lowest BCUT2D eigenvalue weighted by atomic mass is 10.1. The third-order valence-electron chi connectivity index (χ3n) is 4.85. The zero-order valence-electron chi connectivity index (χ0n) is 15.4. The van der Waals surface area contributed by atoms with Gasteiger partial charge in [0.15, 0.2) is 11.5 Å². The maximum atomic E-state index is 12.6. The molecule has 3 aromatic rings. The Labute approximate surface area is 165 Å². The van der Waals surface area contributed by atoms with Gasteiger partial charge in [0.1, 0.15) is 11.9 Å². The van der Waals surface area contributed by atoms with E-state index >= 15 is 0 Å². The summed E-state index contributed by atoms with van der Waals surface area (Å²) >= 11 is 0. The standard InChI is InChI=1S/C21H19F3N2O3/c22-21(23,24)29-20-4-2-1-3-19(20)28-15-8-11-26(12-9-15)18-7-10-25-17-13-14(27)5-6-16(17)18/h1-7,10,13,15,27H,8-9,11-12H2. The van der Waals surface area contributed by atoms with Crippen LogP contribution in [0.1, 0.15) is 12.8 Å². The number of hydrogen-bond acceptors (Lipinski definition) is 5. The van der Waals surface area contributed by atoms with Gasteiger partial charge in [-0.3, -0.25) is 4.98 Å². The van der Waals surface area contributed by atoms with Crippen molar-refractivity contribution < 1.29 is 27.8 Å². The molecule has 0 bridgehead atoms. The van der Waals surface area contributed by atoms with Crippen molar-refractivity contribution in [2.24, 2.45) is 0 Å². The second-order valence-electron chi connectivity index (χ2n) is 6.83. The first-order valence-corrected chi connectivity index (χ1v) is 9.23. The molecule has 0 atom stereocenters. The Morgan fingerprint density at radius 2 is 1.72 bits per heavy atom. The largest absolute Gasteiger partial charge is 0.573 e. The molecule has 8 heteroatoms. The molecule has 5 nitrogen and oxygen atoms in total. The Morgan fingerprint density at radius 1 is 1.00 bits per heavy atom. The molecule has 4 rings (SSSR count). The number of fused-ring (bicyclic) bond motifs is 1. The summed E-state index contributed by atoms with van der Waals surface area (Å²) in [4.78, 5) is 6.48. The lowest BCUT2D eigenvalue weighted by Gasteiger charge is -2.34. The summed E-state index contributed by atoms with van der Waals surface area (Å²) in [6.45, 7) is 1.37. The van der Waals surface area contributed by atoms with Gasteiger partial charge in [0.2, 0.25) is 0 Å². The number of hydrogen-bond donors (Lipinski definition) is 1. The first kappa shape index (κ1) is 19.2. The van der Waals surface area contributed by atoms with E-state index < -0.39 is 6.36 Å². The van der Waals surface area contributed by atoms with E-state index in [0.717, 1.165) is 11.1 Å². The van der Waals surface area contributed by atoms with E-state index in [9.17, 15) is 18.3 Å². The van der Waals surface area contributed by atoms with Crippen molar-refractivity contribution in [1.82, 2.24) is 4.98 Å². The minimum Gasteiger partial charge on any atom is -0.508 e. The van der Waals surface area contributed by atoms with Crippen LogP contribution in [0.25, 0.3) is 10.9 Å².